The van der Waals surface area contributed by atoms with E-state index in [2.05, 4.69) is 10.2 Å². The zero-order valence-corrected chi connectivity index (χ0v) is 13.3. The van der Waals surface area contributed by atoms with Crippen molar-refractivity contribution in [2.45, 2.75) is 70.6 Å². The van der Waals surface area contributed by atoms with Crippen LogP contribution in [-0.4, -0.2) is 58.9 Å². The minimum Gasteiger partial charge on any atom is -0.343 e. The van der Waals surface area contributed by atoms with Crippen molar-refractivity contribution in [1.29, 1.82) is 0 Å². The molecule has 0 aliphatic carbocycles. The van der Waals surface area contributed by atoms with Gasteiger partial charge in [0.15, 0.2) is 0 Å². The maximum Gasteiger partial charge on any atom is 0.245 e. The van der Waals surface area contributed by atoms with Crippen LogP contribution in [0.25, 0.3) is 0 Å². The lowest BCUT2D eigenvalue weighted by molar-refractivity contribution is -0.154. The molecule has 0 radical (unpaired) electrons. The van der Waals surface area contributed by atoms with Crippen molar-refractivity contribution in [2.24, 2.45) is 5.92 Å². The van der Waals surface area contributed by atoms with Gasteiger partial charge in [0.05, 0.1) is 0 Å². The summed E-state index contributed by atoms with van der Waals surface area (Å²) in [5, 5.41) is 2.84. The number of nitrogens with zero attached hydrogens (tertiary/aromatic N) is 2. The van der Waals surface area contributed by atoms with E-state index in [0.29, 0.717) is 6.04 Å². The molecular weight excluding hydrogens is 266 g/mol. The maximum absolute atomic E-state index is 12.7. The summed E-state index contributed by atoms with van der Waals surface area (Å²) < 4.78 is 0. The van der Waals surface area contributed by atoms with Crippen LogP contribution in [0.1, 0.15) is 46.5 Å². The van der Waals surface area contributed by atoms with Gasteiger partial charge in [-0.2, -0.15) is 0 Å². The molecule has 5 heteroatoms. The SMILES string of the molecule is CC1NC(=O)C(C(C)C)N(C2CCN3CCCCC23)C1=O. The maximum atomic E-state index is 12.7. The second-order valence-corrected chi connectivity index (χ2v) is 7.12. The molecule has 5 nitrogen and oxygen atoms in total. The lowest BCUT2D eigenvalue weighted by atomic mass is 9.91. The van der Waals surface area contributed by atoms with Gasteiger partial charge in [0.1, 0.15) is 12.1 Å². The highest BCUT2D eigenvalue weighted by Gasteiger charge is 2.48. The molecule has 1 N–H and O–H groups in total. The van der Waals surface area contributed by atoms with Gasteiger partial charge in [-0.25, -0.2) is 0 Å². The Morgan fingerprint density at radius 2 is 1.86 bits per heavy atom. The fourth-order valence-corrected chi connectivity index (χ4v) is 4.39. The molecule has 3 rings (SSSR count). The highest BCUT2D eigenvalue weighted by Crippen LogP contribution is 2.34. The third-order valence-electron chi connectivity index (χ3n) is 5.36. The highest BCUT2D eigenvalue weighted by molar-refractivity contribution is 5.97. The van der Waals surface area contributed by atoms with Crippen LogP contribution >= 0.6 is 0 Å². The summed E-state index contributed by atoms with van der Waals surface area (Å²) in [5.74, 6) is 0.274. The second kappa shape index (κ2) is 5.59. The van der Waals surface area contributed by atoms with E-state index < -0.39 is 0 Å². The lowest BCUT2D eigenvalue weighted by Gasteiger charge is -2.46. The molecule has 21 heavy (non-hydrogen) atoms. The molecule has 0 aromatic carbocycles. The Kier molecular flexibility index (Phi) is 3.95. The van der Waals surface area contributed by atoms with Gasteiger partial charge in [-0.1, -0.05) is 20.3 Å². The molecule has 3 heterocycles. The van der Waals surface area contributed by atoms with E-state index in [9.17, 15) is 9.59 Å². The Bertz CT molecular complexity index is 437. The van der Waals surface area contributed by atoms with Gasteiger partial charge in [-0.05, 0) is 38.6 Å². The third-order valence-corrected chi connectivity index (χ3v) is 5.36. The first-order chi connectivity index (χ1) is 10.0. The number of carbonyl (C=O) groups excluding carboxylic acids is 2. The molecule has 2 amide bonds. The standard InChI is InChI=1S/C16H27N3O2/c1-10(2)14-15(20)17-11(3)16(21)19(14)13-7-9-18-8-5-4-6-12(13)18/h10-14H,4-9H2,1-3H3,(H,17,20). The normalized spacial score (nSPS) is 37.8. The molecule has 3 fully saturated rings. The Hall–Kier alpha value is -1.10. The van der Waals surface area contributed by atoms with E-state index in [4.69, 9.17) is 0 Å². The van der Waals surface area contributed by atoms with Gasteiger partial charge in [0.25, 0.3) is 0 Å². The summed E-state index contributed by atoms with van der Waals surface area (Å²) in [6.45, 7) is 8.09. The quantitative estimate of drug-likeness (QED) is 0.826. The molecule has 3 aliphatic heterocycles. The van der Waals surface area contributed by atoms with Gasteiger partial charge < -0.3 is 10.2 Å². The topological polar surface area (TPSA) is 52.7 Å². The number of piperazine rings is 1. The summed E-state index contributed by atoms with van der Waals surface area (Å²) in [6.07, 6.45) is 4.68. The summed E-state index contributed by atoms with van der Waals surface area (Å²) >= 11 is 0. The van der Waals surface area contributed by atoms with Crippen LogP contribution < -0.4 is 5.32 Å². The van der Waals surface area contributed by atoms with Crippen LogP contribution in [0.2, 0.25) is 0 Å². The van der Waals surface area contributed by atoms with Crippen LogP contribution in [-0.2, 0) is 9.59 Å². The predicted octanol–water partition coefficient (Wildman–Crippen LogP) is 0.985. The van der Waals surface area contributed by atoms with Crippen LogP contribution in [0.4, 0.5) is 0 Å². The monoisotopic (exact) mass is 293 g/mol. The molecule has 4 atom stereocenters. The Labute approximate surface area is 127 Å². The number of piperidine rings is 1. The van der Waals surface area contributed by atoms with Crippen molar-refractivity contribution in [3.05, 3.63) is 0 Å². The summed E-state index contributed by atoms with van der Waals surface area (Å²) in [7, 11) is 0. The van der Waals surface area contributed by atoms with Crippen molar-refractivity contribution < 1.29 is 9.59 Å². The van der Waals surface area contributed by atoms with Crippen molar-refractivity contribution in [1.82, 2.24) is 15.1 Å². The van der Waals surface area contributed by atoms with Crippen molar-refractivity contribution in [3.63, 3.8) is 0 Å². The summed E-state index contributed by atoms with van der Waals surface area (Å²) in [4.78, 5) is 29.6. The van der Waals surface area contributed by atoms with Gasteiger partial charge >= 0.3 is 0 Å². The Morgan fingerprint density at radius 1 is 1.10 bits per heavy atom. The number of rotatable bonds is 2. The summed E-state index contributed by atoms with van der Waals surface area (Å²) in [5.41, 5.74) is 0. The smallest absolute Gasteiger partial charge is 0.245 e. The Morgan fingerprint density at radius 3 is 2.57 bits per heavy atom. The first-order valence-electron chi connectivity index (χ1n) is 8.37. The number of amides is 2. The molecule has 3 aliphatic rings. The minimum absolute atomic E-state index is 0.0198. The minimum atomic E-state index is -0.384. The molecule has 0 saturated carbocycles. The van der Waals surface area contributed by atoms with Gasteiger partial charge in [-0.3, -0.25) is 14.5 Å². The van der Waals surface area contributed by atoms with Gasteiger partial charge in [0.2, 0.25) is 11.8 Å². The number of carbonyl (C=O) groups is 2. The second-order valence-electron chi connectivity index (χ2n) is 7.12. The van der Waals surface area contributed by atoms with Gasteiger partial charge in [-0.15, -0.1) is 0 Å². The molecule has 4 unspecified atom stereocenters. The van der Waals surface area contributed by atoms with Crippen LogP contribution in [0.5, 0.6) is 0 Å². The molecule has 0 bridgehead atoms. The molecule has 0 aromatic rings. The molecule has 0 spiro atoms. The molecular formula is C16H27N3O2. The number of hydrogen-bond acceptors (Lipinski definition) is 3. The average Bonchev–Trinajstić information content (AvgIpc) is 2.85. The molecule has 3 saturated heterocycles. The fraction of sp³-hybridized carbons (Fsp3) is 0.875. The van der Waals surface area contributed by atoms with Crippen LogP contribution in [0.3, 0.4) is 0 Å². The first-order valence-corrected chi connectivity index (χ1v) is 8.37. The van der Waals surface area contributed by atoms with Gasteiger partial charge in [0, 0.05) is 18.6 Å². The molecule has 0 aromatic heterocycles. The fourth-order valence-electron chi connectivity index (χ4n) is 4.39. The number of hydrogen-bond donors (Lipinski definition) is 1. The number of fused-ring (bicyclic) bond motifs is 1. The van der Waals surface area contributed by atoms with Crippen LogP contribution in [0, 0.1) is 5.92 Å². The predicted molar refractivity (Wildman–Crippen MR) is 80.7 cm³/mol. The average molecular weight is 293 g/mol. The first kappa shape index (κ1) is 14.8. The van der Waals surface area contributed by atoms with Crippen molar-refractivity contribution >= 4 is 11.8 Å². The van der Waals surface area contributed by atoms with E-state index in [1.807, 2.05) is 18.7 Å². The Balaban J connectivity index is 1.88. The zero-order valence-electron chi connectivity index (χ0n) is 13.3. The highest BCUT2D eigenvalue weighted by atomic mass is 16.2. The largest absolute Gasteiger partial charge is 0.343 e. The third kappa shape index (κ3) is 2.45. The van der Waals surface area contributed by atoms with Crippen molar-refractivity contribution in [2.75, 3.05) is 13.1 Å². The van der Waals surface area contributed by atoms with E-state index >= 15 is 0 Å². The van der Waals surface area contributed by atoms with E-state index in [1.165, 1.54) is 12.8 Å². The summed E-state index contributed by atoms with van der Waals surface area (Å²) in [6, 6.07) is -0.00790. The zero-order chi connectivity index (χ0) is 15.1. The van der Waals surface area contributed by atoms with E-state index in [-0.39, 0.29) is 35.9 Å². The lowest BCUT2D eigenvalue weighted by Crippen LogP contribution is -2.68. The number of nitrogens with one attached hydrogen (secondary N) is 1. The van der Waals surface area contributed by atoms with Crippen molar-refractivity contribution in [3.8, 4) is 0 Å². The molecule has 118 valence electrons. The van der Waals surface area contributed by atoms with E-state index in [1.54, 1.807) is 6.92 Å². The van der Waals surface area contributed by atoms with E-state index in [0.717, 1.165) is 25.9 Å². The van der Waals surface area contributed by atoms with Crippen LogP contribution in [0.15, 0.2) is 0 Å².